The monoisotopic (exact) mass is 274 g/mol. The van der Waals surface area contributed by atoms with Crippen molar-refractivity contribution in [2.24, 2.45) is 28.9 Å². The number of nitrogens with two attached hydrogens (primary N) is 1. The Morgan fingerprint density at radius 3 is 2.15 bits per heavy atom. The highest BCUT2D eigenvalue weighted by molar-refractivity contribution is 5.93. The van der Waals surface area contributed by atoms with E-state index in [1.165, 1.54) is 19.3 Å². The van der Waals surface area contributed by atoms with E-state index in [1.807, 2.05) is 6.07 Å². The molecule has 0 heterocycles. The molecule has 4 rings (SSSR count). The Morgan fingerprint density at radius 1 is 1.25 bits per heavy atom. The lowest BCUT2D eigenvalue weighted by atomic mass is 9.48. The third-order valence-electron chi connectivity index (χ3n) is 5.47. The molecule has 0 spiro atoms. The van der Waals surface area contributed by atoms with Gasteiger partial charge in [-0.2, -0.15) is 5.26 Å². The Bertz CT molecular complexity index is 466. The summed E-state index contributed by atoms with van der Waals surface area (Å²) in [7, 11) is 0. The van der Waals surface area contributed by atoms with Gasteiger partial charge in [0.2, 0.25) is 0 Å². The van der Waals surface area contributed by atoms with E-state index in [9.17, 15) is 10.1 Å². The van der Waals surface area contributed by atoms with E-state index < -0.39 is 5.97 Å². The van der Waals surface area contributed by atoms with Gasteiger partial charge in [0.15, 0.2) is 5.57 Å². The minimum Gasteiger partial charge on any atom is -0.462 e. The number of ether oxygens (including phenoxy) is 1. The molecule has 0 amide bonds. The predicted molar refractivity (Wildman–Crippen MR) is 74.1 cm³/mol. The highest BCUT2D eigenvalue weighted by Crippen LogP contribution is 2.62. The smallest absolute Gasteiger partial charge is 0.350 e. The first-order valence-corrected chi connectivity index (χ1v) is 7.65. The number of rotatable bonds is 3. The van der Waals surface area contributed by atoms with Crippen LogP contribution in [0.3, 0.4) is 0 Å². The molecular weight excluding hydrogens is 252 g/mol. The molecule has 4 saturated carbocycles. The third kappa shape index (κ3) is 2.00. The number of hydrogen-bond acceptors (Lipinski definition) is 4. The van der Waals surface area contributed by atoms with E-state index in [0.29, 0.717) is 5.70 Å². The molecule has 4 nitrogen and oxygen atoms in total. The first-order valence-electron chi connectivity index (χ1n) is 7.65. The van der Waals surface area contributed by atoms with Crippen LogP contribution in [0.4, 0.5) is 0 Å². The van der Waals surface area contributed by atoms with Crippen LogP contribution in [0.15, 0.2) is 11.3 Å². The average molecular weight is 274 g/mol. The molecule has 4 bridgehead atoms. The fraction of sp³-hybridized carbons (Fsp3) is 0.750. The van der Waals surface area contributed by atoms with Gasteiger partial charge < -0.3 is 10.5 Å². The van der Waals surface area contributed by atoms with Gasteiger partial charge >= 0.3 is 5.97 Å². The van der Waals surface area contributed by atoms with Crippen molar-refractivity contribution < 1.29 is 9.53 Å². The van der Waals surface area contributed by atoms with Gasteiger partial charge in [-0.1, -0.05) is 0 Å². The molecule has 2 N–H and O–H groups in total. The average Bonchev–Trinajstić information content (AvgIpc) is 2.38. The first kappa shape index (κ1) is 13.5. The summed E-state index contributed by atoms with van der Waals surface area (Å²) >= 11 is 0. The number of carbonyl (C=O) groups is 1. The Hall–Kier alpha value is -1.50. The number of esters is 1. The molecule has 4 aliphatic carbocycles. The van der Waals surface area contributed by atoms with Crippen molar-refractivity contribution in [3.63, 3.8) is 0 Å². The number of carbonyl (C=O) groups excluding carboxylic acids is 1. The molecule has 0 radical (unpaired) electrons. The van der Waals surface area contributed by atoms with Gasteiger partial charge in [-0.15, -0.1) is 0 Å². The van der Waals surface area contributed by atoms with E-state index >= 15 is 0 Å². The van der Waals surface area contributed by atoms with Crippen LogP contribution < -0.4 is 5.73 Å². The zero-order valence-corrected chi connectivity index (χ0v) is 12.0. The van der Waals surface area contributed by atoms with Crippen LogP contribution in [0.2, 0.25) is 0 Å². The van der Waals surface area contributed by atoms with Gasteiger partial charge in [0.1, 0.15) is 6.07 Å². The molecule has 4 fully saturated rings. The second kappa shape index (κ2) is 4.80. The maximum atomic E-state index is 11.9. The Balaban J connectivity index is 1.94. The van der Waals surface area contributed by atoms with Crippen molar-refractivity contribution in [1.82, 2.24) is 0 Å². The molecule has 0 aromatic heterocycles. The molecule has 0 saturated heterocycles. The molecule has 20 heavy (non-hydrogen) atoms. The largest absolute Gasteiger partial charge is 0.462 e. The van der Waals surface area contributed by atoms with Gasteiger partial charge in [0.25, 0.3) is 0 Å². The summed E-state index contributed by atoms with van der Waals surface area (Å²) in [4.78, 5) is 11.9. The molecule has 4 aliphatic rings. The van der Waals surface area contributed by atoms with Crippen LogP contribution in [-0.4, -0.2) is 12.6 Å². The molecule has 0 aromatic carbocycles. The summed E-state index contributed by atoms with van der Waals surface area (Å²) in [6.07, 6.45) is 7.09. The number of hydrogen-bond donors (Lipinski definition) is 1. The molecule has 4 heteroatoms. The Kier molecular flexibility index (Phi) is 3.24. The Labute approximate surface area is 120 Å². The van der Waals surface area contributed by atoms with E-state index in [-0.39, 0.29) is 17.6 Å². The quantitative estimate of drug-likeness (QED) is 0.487. The van der Waals surface area contributed by atoms with Crippen LogP contribution in [0.1, 0.15) is 45.4 Å². The molecule has 0 unspecified atom stereocenters. The van der Waals surface area contributed by atoms with E-state index in [0.717, 1.165) is 37.0 Å². The molecular formula is C16H22N2O2. The molecule has 0 atom stereocenters. The zero-order valence-electron chi connectivity index (χ0n) is 12.0. The van der Waals surface area contributed by atoms with E-state index in [4.69, 9.17) is 10.5 Å². The van der Waals surface area contributed by atoms with Crippen molar-refractivity contribution >= 4 is 5.97 Å². The minimum absolute atomic E-state index is 0.0498. The highest BCUT2D eigenvalue weighted by atomic mass is 16.5. The minimum atomic E-state index is -0.553. The molecule has 0 aromatic rings. The highest BCUT2D eigenvalue weighted by Gasteiger charge is 2.53. The van der Waals surface area contributed by atoms with Gasteiger partial charge in [0, 0.05) is 11.1 Å². The maximum absolute atomic E-state index is 11.9. The van der Waals surface area contributed by atoms with Crippen molar-refractivity contribution in [3.8, 4) is 6.07 Å². The van der Waals surface area contributed by atoms with Crippen LogP contribution in [-0.2, 0) is 9.53 Å². The lowest BCUT2D eigenvalue weighted by Crippen LogP contribution is -2.49. The third-order valence-corrected chi connectivity index (χ3v) is 5.47. The van der Waals surface area contributed by atoms with Crippen molar-refractivity contribution in [2.45, 2.75) is 45.4 Å². The van der Waals surface area contributed by atoms with Crippen LogP contribution >= 0.6 is 0 Å². The lowest BCUT2D eigenvalue weighted by Gasteiger charge is -2.57. The number of nitrogens with zero attached hydrogens (tertiary/aromatic N) is 1. The summed E-state index contributed by atoms with van der Waals surface area (Å²) in [5, 5.41) is 9.31. The van der Waals surface area contributed by atoms with Crippen LogP contribution in [0, 0.1) is 34.5 Å². The zero-order chi connectivity index (χ0) is 14.3. The van der Waals surface area contributed by atoms with E-state index in [1.54, 1.807) is 6.92 Å². The Morgan fingerprint density at radius 2 is 1.75 bits per heavy atom. The lowest BCUT2D eigenvalue weighted by molar-refractivity contribution is -0.138. The van der Waals surface area contributed by atoms with Gasteiger partial charge in [-0.25, -0.2) is 4.79 Å². The van der Waals surface area contributed by atoms with E-state index in [2.05, 4.69) is 0 Å². The van der Waals surface area contributed by atoms with Gasteiger partial charge in [-0.3, -0.25) is 0 Å². The molecule has 108 valence electrons. The van der Waals surface area contributed by atoms with Crippen molar-refractivity contribution in [2.75, 3.05) is 6.61 Å². The normalized spacial score (nSPS) is 39.1. The first-order chi connectivity index (χ1) is 9.58. The van der Waals surface area contributed by atoms with Gasteiger partial charge in [-0.05, 0) is 63.2 Å². The van der Waals surface area contributed by atoms with Crippen molar-refractivity contribution in [3.05, 3.63) is 11.3 Å². The fourth-order valence-electron chi connectivity index (χ4n) is 5.12. The van der Waals surface area contributed by atoms with Crippen LogP contribution in [0.5, 0.6) is 0 Å². The summed E-state index contributed by atoms with van der Waals surface area (Å²) in [6.45, 7) is 2.02. The summed E-state index contributed by atoms with van der Waals surface area (Å²) in [6, 6.07) is 1.99. The summed E-state index contributed by atoms with van der Waals surface area (Å²) < 4.78 is 4.98. The number of allylic oxidation sites excluding steroid dienone is 1. The second-order valence-corrected chi connectivity index (χ2v) is 6.82. The molecule has 0 aliphatic heterocycles. The topological polar surface area (TPSA) is 76.1 Å². The fourth-order valence-corrected chi connectivity index (χ4v) is 5.12. The summed E-state index contributed by atoms with van der Waals surface area (Å²) in [5.41, 5.74) is 6.77. The SMILES string of the molecule is CCOC(=O)/C(C#N)=C(/N)C12CC3CC(CC(C3)C1)C2. The maximum Gasteiger partial charge on any atom is 0.350 e. The standard InChI is InChI=1S/C16H22N2O2/c1-2-20-15(19)13(9-17)14(18)16-6-10-3-11(7-16)5-12(4-10)8-16/h10-12H,2-8,18H2,1H3/b14-13+. The number of nitriles is 1. The summed E-state index contributed by atoms with van der Waals surface area (Å²) in [5.74, 6) is 1.66. The van der Waals surface area contributed by atoms with Crippen LogP contribution in [0.25, 0.3) is 0 Å². The van der Waals surface area contributed by atoms with Gasteiger partial charge in [0.05, 0.1) is 6.61 Å². The van der Waals surface area contributed by atoms with Crippen molar-refractivity contribution in [1.29, 1.82) is 5.26 Å². The predicted octanol–water partition coefficient (Wildman–Crippen LogP) is 2.50. The second-order valence-electron chi connectivity index (χ2n) is 6.82.